The van der Waals surface area contributed by atoms with Crippen LogP contribution in [0.1, 0.15) is 60.3 Å². The Morgan fingerprint density at radius 1 is 0.470 bits per heavy atom. The van der Waals surface area contributed by atoms with Crippen molar-refractivity contribution in [2.45, 2.75) is 59.1 Å². The first kappa shape index (κ1) is 59.2. The maximum atomic E-state index is 13.9. The Balaban J connectivity index is 0.000000200. The number of thioether (sulfide) groups is 1. The number of aromatic nitrogens is 4. The molecule has 2 aliphatic heterocycles. The minimum Gasteiger partial charge on any atom is -0.427 e. The fourth-order valence-electron chi connectivity index (χ4n) is 8.93. The van der Waals surface area contributed by atoms with Gasteiger partial charge in [0.1, 0.15) is 23.3 Å². The van der Waals surface area contributed by atoms with Crippen LogP contribution in [0, 0.1) is 11.6 Å². The molecule has 0 aliphatic carbocycles. The third kappa shape index (κ3) is 15.8. The summed E-state index contributed by atoms with van der Waals surface area (Å²) >= 11 is 1.87. The predicted molar refractivity (Wildman–Crippen MR) is 292 cm³/mol. The van der Waals surface area contributed by atoms with E-state index in [-0.39, 0.29) is 47.9 Å². The first-order valence-electron chi connectivity index (χ1n) is 25.9. The van der Waals surface area contributed by atoms with Gasteiger partial charge in [0.15, 0.2) is 11.4 Å². The molecule has 4 aromatic carbocycles. The number of pyridine rings is 2. The van der Waals surface area contributed by atoms with Crippen LogP contribution in [0.3, 0.4) is 0 Å². The number of ketones is 2. The lowest BCUT2D eigenvalue weighted by Gasteiger charge is -2.35. The van der Waals surface area contributed by atoms with Crippen molar-refractivity contribution in [2.75, 3.05) is 62.2 Å². The lowest BCUT2D eigenvalue weighted by atomic mass is 10.1. The van der Waals surface area contributed by atoms with Gasteiger partial charge in [-0.2, -0.15) is 36.3 Å². The Labute approximate surface area is 478 Å². The predicted octanol–water partition coefficient (Wildman–Crippen LogP) is 11.5. The van der Waals surface area contributed by atoms with E-state index in [0.717, 1.165) is 29.1 Å². The van der Waals surface area contributed by atoms with Crippen molar-refractivity contribution in [1.82, 2.24) is 29.7 Å². The number of oxazole rings is 2. The molecule has 2 amide bonds. The Morgan fingerprint density at radius 3 is 1.30 bits per heavy atom. The normalized spacial score (nSPS) is 13.8. The summed E-state index contributed by atoms with van der Waals surface area (Å²) in [6.45, 7) is 3.76. The summed E-state index contributed by atoms with van der Waals surface area (Å²) in [5.41, 5.74) is -0.270. The second-order valence-corrected chi connectivity index (χ2v) is 21.0. The summed E-state index contributed by atoms with van der Waals surface area (Å²) in [5, 5.41) is -0.499. The molecule has 0 bridgehead atoms. The van der Waals surface area contributed by atoms with Crippen LogP contribution in [0.5, 0.6) is 0 Å². The molecule has 10 rings (SSSR count). The number of benzene rings is 4. The molecular formula is C59H50F8N8O6S2. The molecule has 0 unspecified atom stereocenters. The topological polar surface area (TPSA) is 159 Å². The molecule has 83 heavy (non-hydrogen) atoms. The maximum absolute atomic E-state index is 13.9. The monoisotopic (exact) mass is 1180 g/mol. The second-order valence-electron chi connectivity index (χ2n) is 19.0. The number of hydrogen-bond donors (Lipinski definition) is 0. The number of Topliss-reactive ketones (excluding diaryl/α,β-unsaturated/α-hetero) is 2. The molecule has 0 N–H and O–H groups in total. The molecule has 4 aromatic heterocycles. The minimum atomic E-state index is -4.86. The molecule has 2 aliphatic rings. The fraction of sp³-hybridized carbons (Fsp3) is 0.254. The zero-order valence-corrected chi connectivity index (χ0v) is 45.5. The number of carbonyl (C=O) groups excluding carboxylic acids is 4. The summed E-state index contributed by atoms with van der Waals surface area (Å²) < 4.78 is 120. The van der Waals surface area contributed by atoms with Crippen LogP contribution in [-0.2, 0) is 53.4 Å². The summed E-state index contributed by atoms with van der Waals surface area (Å²) in [6, 6.07) is 36.7. The van der Waals surface area contributed by atoms with Crippen molar-refractivity contribution in [1.29, 1.82) is 0 Å². The number of carbonyl (C=O) groups is 4. The minimum absolute atomic E-state index is 0.0118. The number of piperazine rings is 2. The van der Waals surface area contributed by atoms with Gasteiger partial charge in [-0.3, -0.25) is 19.2 Å². The lowest BCUT2D eigenvalue weighted by Crippen LogP contribution is -2.49. The first-order chi connectivity index (χ1) is 39.8. The molecule has 0 spiro atoms. The molecule has 0 radical (unpaired) electrons. The van der Waals surface area contributed by atoms with E-state index >= 15 is 0 Å². The van der Waals surface area contributed by atoms with Crippen LogP contribution in [0.15, 0.2) is 170 Å². The zero-order chi connectivity index (χ0) is 58.7. The summed E-state index contributed by atoms with van der Waals surface area (Å²) in [4.78, 5) is 74.7. The van der Waals surface area contributed by atoms with Gasteiger partial charge in [-0.15, -0.1) is 0 Å². The van der Waals surface area contributed by atoms with Gasteiger partial charge < -0.3 is 28.4 Å². The Bertz CT molecular complexity index is 3520. The summed E-state index contributed by atoms with van der Waals surface area (Å²) in [5.74, 6) is -2.94. The highest BCUT2D eigenvalue weighted by Crippen LogP contribution is 2.38. The average Bonchev–Trinajstić information content (AvgIpc) is 4.38. The van der Waals surface area contributed by atoms with Crippen LogP contribution in [0.2, 0.25) is 0 Å². The molecule has 0 saturated carbocycles. The molecular weight excluding hydrogens is 1130 g/mol. The van der Waals surface area contributed by atoms with Crippen molar-refractivity contribution in [2.24, 2.45) is 0 Å². The van der Waals surface area contributed by atoms with Crippen molar-refractivity contribution in [3.63, 3.8) is 0 Å². The summed E-state index contributed by atoms with van der Waals surface area (Å²) in [7, 11) is 0. The first-order valence-corrected chi connectivity index (χ1v) is 27.7. The van der Waals surface area contributed by atoms with E-state index in [1.165, 1.54) is 24.5 Å². The van der Waals surface area contributed by atoms with Crippen molar-refractivity contribution < 1.29 is 63.1 Å². The highest BCUT2D eigenvalue weighted by Gasteiger charge is 2.42. The van der Waals surface area contributed by atoms with Crippen LogP contribution in [0.25, 0.3) is 0 Å². The molecule has 14 nitrogen and oxygen atoms in total. The number of halogens is 8. The number of amides is 2. The van der Waals surface area contributed by atoms with Crippen LogP contribution in [0.4, 0.5) is 46.8 Å². The van der Waals surface area contributed by atoms with E-state index in [9.17, 15) is 54.3 Å². The molecule has 2 saturated heterocycles. The van der Waals surface area contributed by atoms with Crippen LogP contribution >= 0.6 is 23.5 Å². The molecule has 8 aromatic rings. The van der Waals surface area contributed by atoms with E-state index in [1.807, 2.05) is 40.1 Å². The number of anilines is 2. The SMILES string of the molecule is O=C(Cc1ccc(N2CCN(C(=O)Cc3ccccc3F)CC2)nc1)c1oc(SCc2ccccc2)nc1C(F)(F)F.O=C(Cc1ccc(N2CCN(C(=O)Cc3ccccc3F)CC2)nc1)c1oc(Sc2ccccc2)nc1C(F)(F)F. The summed E-state index contributed by atoms with van der Waals surface area (Å²) in [6.07, 6.45) is -7.54. The van der Waals surface area contributed by atoms with Gasteiger partial charge in [0, 0.05) is 88.2 Å². The van der Waals surface area contributed by atoms with Gasteiger partial charge in [-0.05, 0) is 76.0 Å². The van der Waals surface area contributed by atoms with Crippen molar-refractivity contribution in [3.05, 3.63) is 208 Å². The number of rotatable bonds is 17. The average molecular weight is 1180 g/mol. The van der Waals surface area contributed by atoms with Crippen molar-refractivity contribution in [3.8, 4) is 0 Å². The third-order valence-corrected chi connectivity index (χ3v) is 15.0. The van der Waals surface area contributed by atoms with E-state index < -0.39 is 58.5 Å². The zero-order valence-electron chi connectivity index (χ0n) is 43.9. The largest absolute Gasteiger partial charge is 0.437 e. The second kappa shape index (κ2) is 26.7. The fourth-order valence-corrected chi connectivity index (χ4v) is 10.5. The van der Waals surface area contributed by atoms with Crippen LogP contribution in [-0.4, -0.2) is 105 Å². The Morgan fingerprint density at radius 2 is 0.880 bits per heavy atom. The molecule has 6 heterocycles. The quantitative estimate of drug-likeness (QED) is 0.0481. The van der Waals surface area contributed by atoms with Gasteiger partial charge in [-0.1, -0.05) is 109 Å². The number of nitrogens with zero attached hydrogens (tertiary/aromatic N) is 8. The molecule has 0 atom stereocenters. The highest BCUT2D eigenvalue weighted by atomic mass is 32.2. The molecule has 2 fully saturated rings. The highest BCUT2D eigenvalue weighted by molar-refractivity contribution is 7.99. The smallest absolute Gasteiger partial charge is 0.427 e. The standard InChI is InChI=1S/C30H26F4N4O3S.C29H24F4N4O3S/c31-23-9-5-4-8-22(23)17-26(40)38-14-12-37(13-15-38)25-11-10-21(18-35-25)16-24(39)27-28(30(32,33)34)36-29(41-27)42-19-20-6-2-1-3-7-20;30-22-9-5-4-6-20(22)17-25(39)37-14-12-36(13-15-37)24-11-10-19(18-34-24)16-23(38)26-27(29(31,32)33)35-28(40-26)41-21-7-2-1-3-8-21/h1-11,18H,12-17,19H2;1-11,18H,12-17H2. The number of hydrogen-bond acceptors (Lipinski definition) is 14. The lowest BCUT2D eigenvalue weighted by molar-refractivity contribution is -0.142. The van der Waals surface area contributed by atoms with Gasteiger partial charge in [0.2, 0.25) is 34.9 Å². The van der Waals surface area contributed by atoms with E-state index in [0.29, 0.717) is 96.9 Å². The van der Waals surface area contributed by atoms with Gasteiger partial charge >= 0.3 is 12.4 Å². The van der Waals surface area contributed by atoms with E-state index in [2.05, 4.69) is 19.9 Å². The van der Waals surface area contributed by atoms with Crippen LogP contribution < -0.4 is 9.80 Å². The van der Waals surface area contributed by atoms with Gasteiger partial charge in [-0.25, -0.2) is 18.7 Å². The van der Waals surface area contributed by atoms with E-state index in [4.69, 9.17) is 8.83 Å². The van der Waals surface area contributed by atoms with Crippen molar-refractivity contribution >= 4 is 58.5 Å². The third-order valence-electron chi connectivity index (χ3n) is 13.3. The molecule has 430 valence electrons. The van der Waals surface area contributed by atoms with Gasteiger partial charge in [0.05, 0.1) is 12.8 Å². The van der Waals surface area contributed by atoms with Gasteiger partial charge in [0.25, 0.3) is 10.4 Å². The van der Waals surface area contributed by atoms with E-state index in [1.54, 1.807) is 101 Å². The number of alkyl halides is 6. The Kier molecular flexibility index (Phi) is 19.0. The molecule has 24 heteroatoms. The Hall–Kier alpha value is -8.38. The maximum Gasteiger partial charge on any atom is 0.437 e.